The van der Waals surface area contributed by atoms with Crippen LogP contribution in [0.25, 0.3) is 66.1 Å². The molecule has 4 bridgehead atoms. The molecule has 0 spiro atoms. The topological polar surface area (TPSA) is 9.86 Å². The van der Waals surface area contributed by atoms with Gasteiger partial charge in [-0.1, -0.05) is 175 Å². The summed E-state index contributed by atoms with van der Waals surface area (Å²) in [4.78, 5) is 0. The molecule has 0 amide bonds. The first kappa shape index (κ1) is 40.5. The van der Waals surface area contributed by atoms with Gasteiger partial charge in [0.25, 0.3) is 0 Å². The summed E-state index contributed by atoms with van der Waals surface area (Å²) >= 11 is 0. The van der Waals surface area contributed by atoms with Crippen molar-refractivity contribution in [3.63, 3.8) is 0 Å². The average molecular weight is 859 g/mol. The van der Waals surface area contributed by atoms with Gasteiger partial charge in [-0.15, -0.1) is 0 Å². The Balaban J connectivity index is 1.19. The summed E-state index contributed by atoms with van der Waals surface area (Å²) in [6.07, 6.45) is 1.06. The molecular weight excluding hydrogens is 796 g/mol. The standard InChI is InChI=1S/C63H63BN2/c1-58(2,3)36-21-28-49-41(30-36)42-32-38(59(4,5)6)33-48-56(42)66(49)51-17-15-16-46-55(51)64(48)47-27-29-50-53(54(47)63(46,13)14)40-24-26-45-52-43-31-37(20-25-44(43)62(45,11)12)61(9,10)34-60(7,8)35-18-22-39(23-19-35)65(50)57(40)52/h15-33H,34H2,1-14H3. The normalized spacial score (nSPS) is 17.9. The van der Waals surface area contributed by atoms with E-state index in [1.807, 2.05) is 0 Å². The molecule has 2 nitrogen and oxygen atoms in total. The first-order valence-corrected chi connectivity index (χ1v) is 24.7. The van der Waals surface area contributed by atoms with Crippen molar-refractivity contribution in [2.24, 2.45) is 0 Å². The molecule has 0 unspecified atom stereocenters. The highest BCUT2D eigenvalue weighted by Gasteiger charge is 2.48. The summed E-state index contributed by atoms with van der Waals surface area (Å²) in [5.41, 5.74) is 26.0. The van der Waals surface area contributed by atoms with Crippen LogP contribution in [0.3, 0.4) is 0 Å². The highest BCUT2D eigenvalue weighted by Crippen LogP contribution is 2.56. The van der Waals surface area contributed by atoms with E-state index >= 15 is 0 Å². The molecule has 1 aliphatic carbocycles. The lowest BCUT2D eigenvalue weighted by Crippen LogP contribution is -2.63. The Hall–Kier alpha value is -5.80. The lowest BCUT2D eigenvalue weighted by atomic mass is 9.30. The van der Waals surface area contributed by atoms with Crippen molar-refractivity contribution >= 4 is 66.7 Å². The minimum atomic E-state index is -0.293. The SMILES string of the molecule is CC(C)(C)c1ccc2c(c1)c1cc(C(C)(C)C)cc3c1n2-c1cccc2c1B3c1ccc3c(c1C2(C)C)c1ccc2c4c1n3-c1ccc(cc1)C(C)(C)CC(C)(C)c1ccc(c-4c1)C2(C)C. The fraction of sp³-hybridized carbons (Fsp3) is 0.333. The van der Waals surface area contributed by atoms with Crippen molar-refractivity contribution in [2.75, 3.05) is 0 Å². The van der Waals surface area contributed by atoms with Crippen LogP contribution in [0.5, 0.6) is 0 Å². The zero-order chi connectivity index (χ0) is 46.2. The summed E-state index contributed by atoms with van der Waals surface area (Å²) in [6, 6.07) is 46.9. The van der Waals surface area contributed by atoms with Crippen molar-refractivity contribution in [2.45, 2.75) is 136 Å². The van der Waals surface area contributed by atoms with Crippen molar-refractivity contribution in [1.29, 1.82) is 0 Å². The molecule has 9 aromatic rings. The van der Waals surface area contributed by atoms with Crippen LogP contribution in [-0.2, 0) is 32.5 Å². The predicted octanol–water partition coefficient (Wildman–Crippen LogP) is 14.2. The van der Waals surface area contributed by atoms with E-state index in [2.05, 4.69) is 221 Å². The van der Waals surface area contributed by atoms with Gasteiger partial charge in [-0.25, -0.2) is 0 Å². The number of benzene rings is 7. The molecule has 3 heteroatoms. The van der Waals surface area contributed by atoms with Gasteiger partial charge in [-0.3, -0.25) is 0 Å². The molecule has 66 heavy (non-hydrogen) atoms. The molecule has 0 saturated heterocycles. The van der Waals surface area contributed by atoms with Crippen molar-refractivity contribution in [3.8, 4) is 22.5 Å². The number of fused-ring (bicyclic) bond motifs is 14. The minimum Gasteiger partial charge on any atom is -0.310 e. The quantitative estimate of drug-likeness (QED) is 0.134. The number of hydrogen-bond donors (Lipinski definition) is 0. The first-order chi connectivity index (χ1) is 31.0. The maximum atomic E-state index is 2.66. The van der Waals surface area contributed by atoms with Crippen LogP contribution in [-0.4, -0.2) is 15.8 Å². The van der Waals surface area contributed by atoms with Crippen LogP contribution in [0.1, 0.15) is 148 Å². The summed E-state index contributed by atoms with van der Waals surface area (Å²) < 4.78 is 5.30. The second kappa shape index (κ2) is 12.2. The van der Waals surface area contributed by atoms with Gasteiger partial charge in [0.05, 0.1) is 16.6 Å². The molecule has 0 fully saturated rings. The fourth-order valence-corrected chi connectivity index (χ4v) is 14.2. The molecule has 5 aliphatic rings. The van der Waals surface area contributed by atoms with Gasteiger partial charge in [0, 0.05) is 54.8 Å². The van der Waals surface area contributed by atoms with E-state index in [1.165, 1.54) is 127 Å². The third-order valence-electron chi connectivity index (χ3n) is 17.5. The van der Waals surface area contributed by atoms with Crippen LogP contribution in [0, 0.1) is 0 Å². The summed E-state index contributed by atoms with van der Waals surface area (Å²) in [7, 11) is 0. The Labute approximate surface area is 392 Å². The number of nitrogens with zero attached hydrogens (tertiary/aromatic N) is 2. The van der Waals surface area contributed by atoms with Crippen LogP contribution in [0.2, 0.25) is 0 Å². The van der Waals surface area contributed by atoms with E-state index in [4.69, 9.17) is 0 Å². The Morgan fingerprint density at radius 3 is 1.89 bits per heavy atom. The number of rotatable bonds is 0. The van der Waals surface area contributed by atoms with Gasteiger partial charge >= 0.3 is 0 Å². The Bertz CT molecular complexity index is 3680. The maximum Gasteiger partial charge on any atom is 0.247 e. The van der Waals surface area contributed by atoms with Crippen molar-refractivity contribution < 1.29 is 0 Å². The second-order valence-corrected chi connectivity index (χ2v) is 25.3. The molecule has 0 N–H and O–H groups in total. The van der Waals surface area contributed by atoms with Gasteiger partial charge in [0.1, 0.15) is 0 Å². The molecule has 0 radical (unpaired) electrons. The molecule has 2 aromatic heterocycles. The van der Waals surface area contributed by atoms with E-state index < -0.39 is 0 Å². The molecule has 0 atom stereocenters. The molecular formula is C63H63BN2. The summed E-state index contributed by atoms with van der Waals surface area (Å²) in [5, 5.41) is 5.48. The van der Waals surface area contributed by atoms with Gasteiger partial charge in [-0.2, -0.15) is 0 Å². The highest BCUT2D eigenvalue weighted by atomic mass is 15.0. The average Bonchev–Trinajstić information content (AvgIpc) is 3.85. The van der Waals surface area contributed by atoms with E-state index in [-0.39, 0.29) is 39.2 Å². The van der Waals surface area contributed by atoms with E-state index in [9.17, 15) is 0 Å². The Kier molecular flexibility index (Phi) is 7.48. The van der Waals surface area contributed by atoms with E-state index in [0.717, 1.165) is 6.42 Å². The van der Waals surface area contributed by atoms with Crippen molar-refractivity contribution in [1.82, 2.24) is 9.13 Å². The zero-order valence-corrected chi connectivity index (χ0v) is 41.6. The number of hydrogen-bond acceptors (Lipinski definition) is 0. The lowest BCUT2D eigenvalue weighted by molar-refractivity contribution is 0.349. The fourth-order valence-electron chi connectivity index (χ4n) is 14.2. The third kappa shape index (κ3) is 4.95. The molecule has 14 rings (SSSR count). The maximum absolute atomic E-state index is 2.66. The van der Waals surface area contributed by atoms with Crippen LogP contribution in [0.4, 0.5) is 0 Å². The summed E-state index contributed by atoms with van der Waals surface area (Å²) in [6.45, 7) is 34.0. The molecule has 6 heterocycles. The van der Waals surface area contributed by atoms with Crippen LogP contribution < -0.4 is 16.4 Å². The first-order valence-electron chi connectivity index (χ1n) is 24.7. The Morgan fingerprint density at radius 2 is 1.17 bits per heavy atom. The monoisotopic (exact) mass is 859 g/mol. The molecule has 328 valence electrons. The Morgan fingerprint density at radius 1 is 0.500 bits per heavy atom. The smallest absolute Gasteiger partial charge is 0.247 e. The third-order valence-corrected chi connectivity index (χ3v) is 17.5. The van der Waals surface area contributed by atoms with Gasteiger partial charge < -0.3 is 9.13 Å². The summed E-state index contributed by atoms with van der Waals surface area (Å²) in [5.74, 6) is 0. The van der Waals surface area contributed by atoms with Gasteiger partial charge in [-0.05, 0) is 132 Å². The van der Waals surface area contributed by atoms with Gasteiger partial charge in [0.15, 0.2) is 0 Å². The van der Waals surface area contributed by atoms with E-state index in [1.54, 1.807) is 0 Å². The highest BCUT2D eigenvalue weighted by molar-refractivity contribution is 6.99. The van der Waals surface area contributed by atoms with E-state index in [0.29, 0.717) is 0 Å². The van der Waals surface area contributed by atoms with Gasteiger partial charge in [0.2, 0.25) is 6.71 Å². The predicted molar refractivity (Wildman–Crippen MR) is 284 cm³/mol. The number of aromatic nitrogens is 2. The van der Waals surface area contributed by atoms with Crippen molar-refractivity contribution in [3.05, 3.63) is 160 Å². The van der Waals surface area contributed by atoms with Crippen LogP contribution >= 0.6 is 0 Å². The second-order valence-electron chi connectivity index (χ2n) is 25.3. The van der Waals surface area contributed by atoms with Crippen LogP contribution in [0.15, 0.2) is 115 Å². The molecule has 4 aliphatic heterocycles. The molecule has 7 aromatic carbocycles. The lowest BCUT2D eigenvalue weighted by Gasteiger charge is -2.42. The zero-order valence-electron chi connectivity index (χ0n) is 41.6. The molecule has 0 saturated carbocycles. The minimum absolute atomic E-state index is 0.00784. The largest absolute Gasteiger partial charge is 0.310 e.